The summed E-state index contributed by atoms with van der Waals surface area (Å²) >= 11 is 0. The van der Waals surface area contributed by atoms with Gasteiger partial charge in [0, 0.05) is 37.6 Å². The van der Waals surface area contributed by atoms with Crippen molar-refractivity contribution in [1.82, 2.24) is 4.90 Å². The average Bonchev–Trinajstić information content (AvgIpc) is 3.53. The van der Waals surface area contributed by atoms with Crippen LogP contribution in [0.5, 0.6) is 0 Å². The van der Waals surface area contributed by atoms with Crippen LogP contribution in [0.25, 0.3) is 0 Å². The fourth-order valence-corrected chi connectivity index (χ4v) is 6.69. The third kappa shape index (κ3) is 9.76. The summed E-state index contributed by atoms with van der Waals surface area (Å²) in [4.78, 5) is 42.4. The number of aliphatic hydroxyl groups is 1. The van der Waals surface area contributed by atoms with E-state index in [1.54, 1.807) is 25.7 Å². The van der Waals surface area contributed by atoms with Crippen molar-refractivity contribution in [2.75, 3.05) is 24.2 Å². The molecule has 0 saturated carbocycles. The zero-order valence-corrected chi connectivity index (χ0v) is 29.6. The molecular formula is C38H48N2O7S. The number of hydrogen-bond acceptors (Lipinski definition) is 7. The molecular weight excluding hydrogens is 628 g/mol. The summed E-state index contributed by atoms with van der Waals surface area (Å²) < 4.78 is 31.7. The quantitative estimate of drug-likeness (QED) is 0.201. The lowest BCUT2D eigenvalue weighted by Gasteiger charge is -2.34. The van der Waals surface area contributed by atoms with Gasteiger partial charge < -0.3 is 14.7 Å². The molecule has 48 heavy (non-hydrogen) atoms. The SMILES string of the molecule is C[C@@H](CC(=O)c1cc(C(=O)C[C@@H](Cc2ccccc2)[C@H](O)[C@H]2CCCN2C(=O)OC(C)(C)C)cc(N(C)S(C)(=O)=O)c1)c1ccccc1. The lowest BCUT2D eigenvalue weighted by Crippen LogP contribution is -2.48. The maximum Gasteiger partial charge on any atom is 0.410 e. The van der Waals surface area contributed by atoms with Gasteiger partial charge in [0.2, 0.25) is 10.0 Å². The maximum atomic E-state index is 14.1. The first-order valence-electron chi connectivity index (χ1n) is 16.5. The van der Waals surface area contributed by atoms with E-state index in [4.69, 9.17) is 4.74 Å². The highest BCUT2D eigenvalue weighted by Crippen LogP contribution is 2.32. The molecule has 0 unspecified atom stereocenters. The van der Waals surface area contributed by atoms with Crippen LogP contribution in [0.1, 0.15) is 91.1 Å². The van der Waals surface area contributed by atoms with Crippen LogP contribution in [0.3, 0.4) is 0 Å². The van der Waals surface area contributed by atoms with Crippen molar-refractivity contribution in [2.45, 2.75) is 83.5 Å². The van der Waals surface area contributed by atoms with Crippen LogP contribution < -0.4 is 4.31 Å². The third-order valence-electron chi connectivity index (χ3n) is 8.88. The Morgan fingerprint density at radius 2 is 1.50 bits per heavy atom. The fraction of sp³-hybridized carbons (Fsp3) is 0.447. The predicted molar refractivity (Wildman–Crippen MR) is 188 cm³/mol. The molecule has 1 N–H and O–H groups in total. The minimum atomic E-state index is -3.70. The Bertz CT molecular complexity index is 1690. The monoisotopic (exact) mass is 676 g/mol. The predicted octanol–water partition coefficient (Wildman–Crippen LogP) is 6.65. The van der Waals surface area contributed by atoms with Crippen LogP contribution in [0, 0.1) is 5.92 Å². The molecule has 1 aliphatic heterocycles. The number of hydrogen-bond donors (Lipinski definition) is 1. The van der Waals surface area contributed by atoms with Gasteiger partial charge in [-0.05, 0) is 81.2 Å². The zero-order chi connectivity index (χ0) is 35.2. The molecule has 3 aromatic rings. The van der Waals surface area contributed by atoms with E-state index in [1.807, 2.05) is 67.6 Å². The molecule has 1 amide bonds. The molecule has 0 radical (unpaired) electrons. The van der Waals surface area contributed by atoms with Crippen molar-refractivity contribution in [3.63, 3.8) is 0 Å². The molecule has 10 heteroatoms. The van der Waals surface area contributed by atoms with Crippen molar-refractivity contribution >= 4 is 33.4 Å². The second-order valence-corrected chi connectivity index (χ2v) is 15.9. The van der Waals surface area contributed by atoms with E-state index in [9.17, 15) is 27.9 Å². The summed E-state index contributed by atoms with van der Waals surface area (Å²) in [5.74, 6) is -1.24. The molecule has 0 aliphatic carbocycles. The number of benzene rings is 3. The largest absolute Gasteiger partial charge is 0.444 e. The van der Waals surface area contributed by atoms with Gasteiger partial charge in [0.15, 0.2) is 11.6 Å². The van der Waals surface area contributed by atoms with E-state index in [0.717, 1.165) is 21.7 Å². The summed E-state index contributed by atoms with van der Waals surface area (Å²) in [6.45, 7) is 7.76. The van der Waals surface area contributed by atoms with Gasteiger partial charge in [0.25, 0.3) is 0 Å². The molecule has 0 bridgehead atoms. The van der Waals surface area contributed by atoms with Crippen molar-refractivity contribution in [1.29, 1.82) is 0 Å². The molecule has 1 fully saturated rings. The Balaban J connectivity index is 1.66. The van der Waals surface area contributed by atoms with E-state index in [-0.39, 0.29) is 47.1 Å². The van der Waals surface area contributed by atoms with Crippen molar-refractivity contribution < 1.29 is 32.6 Å². The molecule has 258 valence electrons. The smallest absolute Gasteiger partial charge is 0.410 e. The fourth-order valence-electron chi connectivity index (χ4n) is 6.20. The van der Waals surface area contributed by atoms with Crippen molar-refractivity contribution in [3.8, 4) is 0 Å². The van der Waals surface area contributed by atoms with Gasteiger partial charge in [-0.15, -0.1) is 0 Å². The van der Waals surface area contributed by atoms with Gasteiger partial charge in [0.05, 0.1) is 24.1 Å². The molecule has 0 spiro atoms. The van der Waals surface area contributed by atoms with Gasteiger partial charge in [-0.3, -0.25) is 13.9 Å². The lowest BCUT2D eigenvalue weighted by atomic mass is 9.83. The Hall–Kier alpha value is -4.02. The number of carbonyl (C=O) groups is 3. The average molecular weight is 677 g/mol. The normalized spacial score (nSPS) is 17.0. The number of ketones is 2. The molecule has 4 atom stereocenters. The molecule has 1 heterocycles. The first-order chi connectivity index (χ1) is 22.5. The second kappa shape index (κ2) is 15.5. The lowest BCUT2D eigenvalue weighted by molar-refractivity contribution is -0.00804. The summed E-state index contributed by atoms with van der Waals surface area (Å²) in [6, 6.07) is 23.1. The van der Waals surface area contributed by atoms with E-state index in [1.165, 1.54) is 25.2 Å². The van der Waals surface area contributed by atoms with E-state index < -0.39 is 39.8 Å². The molecule has 9 nitrogen and oxygen atoms in total. The third-order valence-corrected chi connectivity index (χ3v) is 10.1. The number of sulfonamides is 1. The number of likely N-dealkylation sites (tertiary alicyclic amines) is 1. The molecule has 1 aliphatic rings. The summed E-state index contributed by atoms with van der Waals surface area (Å²) in [6.07, 6.45) is 1.22. The number of Topliss-reactive ketones (excluding diaryl/α,β-unsaturated/α-hetero) is 2. The van der Waals surface area contributed by atoms with E-state index in [0.29, 0.717) is 25.8 Å². The van der Waals surface area contributed by atoms with E-state index >= 15 is 0 Å². The summed E-state index contributed by atoms with van der Waals surface area (Å²) in [5, 5.41) is 11.8. The van der Waals surface area contributed by atoms with Gasteiger partial charge in [-0.1, -0.05) is 67.6 Å². The zero-order valence-electron chi connectivity index (χ0n) is 28.8. The van der Waals surface area contributed by atoms with Crippen LogP contribution in [0.4, 0.5) is 10.5 Å². The maximum absolute atomic E-state index is 14.1. The minimum absolute atomic E-state index is 0.0885. The Kier molecular flexibility index (Phi) is 11.9. The highest BCUT2D eigenvalue weighted by atomic mass is 32.2. The highest BCUT2D eigenvalue weighted by Gasteiger charge is 2.40. The van der Waals surface area contributed by atoms with E-state index in [2.05, 4.69) is 0 Å². The summed E-state index contributed by atoms with van der Waals surface area (Å²) in [5.41, 5.74) is 1.84. The minimum Gasteiger partial charge on any atom is -0.444 e. The number of nitrogens with zero attached hydrogens (tertiary/aromatic N) is 2. The topological polar surface area (TPSA) is 121 Å². The number of anilines is 1. The number of carbonyl (C=O) groups excluding carboxylic acids is 3. The van der Waals surface area contributed by atoms with Crippen LogP contribution in [0.15, 0.2) is 78.9 Å². The Morgan fingerprint density at radius 1 is 0.938 bits per heavy atom. The standard InChI is InChI=1S/C38H48N2O7S/c1-26(28-16-11-8-12-17-28)20-34(41)29-22-30(24-32(23-29)39(5)48(6,45)46)35(42)25-31(21-27-14-9-7-10-15-27)36(43)33-18-13-19-40(33)37(44)47-38(2,3)4/h7-12,14-17,22-24,26,31,33,36,43H,13,18-21,25H2,1-6H3/t26-,31+,33+,36-/m0/s1. The molecule has 1 saturated heterocycles. The number of amides is 1. The van der Waals surface area contributed by atoms with Gasteiger partial charge >= 0.3 is 6.09 Å². The number of aliphatic hydroxyl groups excluding tert-OH is 1. The van der Waals surface area contributed by atoms with Gasteiger partial charge in [0.1, 0.15) is 5.60 Å². The Labute approximate surface area is 285 Å². The van der Waals surface area contributed by atoms with Crippen molar-refractivity contribution in [2.24, 2.45) is 5.92 Å². The van der Waals surface area contributed by atoms with Gasteiger partial charge in [-0.25, -0.2) is 13.2 Å². The summed E-state index contributed by atoms with van der Waals surface area (Å²) in [7, 11) is -2.32. The first kappa shape index (κ1) is 36.8. The molecule has 3 aromatic carbocycles. The van der Waals surface area contributed by atoms with Crippen LogP contribution in [0.2, 0.25) is 0 Å². The van der Waals surface area contributed by atoms with Crippen LogP contribution in [-0.4, -0.2) is 73.7 Å². The van der Waals surface area contributed by atoms with Crippen LogP contribution in [-0.2, 0) is 21.2 Å². The highest BCUT2D eigenvalue weighted by molar-refractivity contribution is 7.92. The first-order valence-corrected chi connectivity index (χ1v) is 18.3. The van der Waals surface area contributed by atoms with Crippen molar-refractivity contribution in [3.05, 3.63) is 101 Å². The molecule has 0 aromatic heterocycles. The number of rotatable bonds is 13. The molecule has 4 rings (SSSR count). The van der Waals surface area contributed by atoms with Gasteiger partial charge in [-0.2, -0.15) is 0 Å². The Morgan fingerprint density at radius 3 is 2.06 bits per heavy atom. The van der Waals surface area contributed by atoms with Crippen LogP contribution >= 0.6 is 0 Å². The second-order valence-electron chi connectivity index (χ2n) is 13.9. The number of ether oxygens (including phenoxy) is 1.